The van der Waals surface area contributed by atoms with Crippen LogP contribution in [0.25, 0.3) is 0 Å². The lowest BCUT2D eigenvalue weighted by atomic mass is 10.1. The molecule has 0 aliphatic heterocycles. The summed E-state index contributed by atoms with van der Waals surface area (Å²) in [5, 5.41) is 5.13. The van der Waals surface area contributed by atoms with Crippen molar-refractivity contribution in [2.75, 3.05) is 11.9 Å². The number of carbonyl (C=O) groups excluding carboxylic acids is 2. The third-order valence-electron chi connectivity index (χ3n) is 3.30. The lowest BCUT2D eigenvalue weighted by molar-refractivity contribution is -0.136. The van der Waals surface area contributed by atoms with Gasteiger partial charge < -0.3 is 10.6 Å². The molecule has 0 saturated carbocycles. The van der Waals surface area contributed by atoms with E-state index in [0.29, 0.717) is 18.7 Å². The highest BCUT2D eigenvalue weighted by Crippen LogP contribution is 2.13. The summed E-state index contributed by atoms with van der Waals surface area (Å²) in [6, 6.07) is 11.6. The lowest BCUT2D eigenvalue weighted by Crippen LogP contribution is -2.36. The Labute approximate surface area is 134 Å². The second-order valence-corrected chi connectivity index (χ2v) is 5.46. The van der Waals surface area contributed by atoms with Crippen molar-refractivity contribution in [3.63, 3.8) is 0 Å². The number of hydrogen-bond acceptors (Lipinski definition) is 2. The highest BCUT2D eigenvalue weighted by molar-refractivity contribution is 6.39. The van der Waals surface area contributed by atoms with Gasteiger partial charge in [-0.05, 0) is 61.2 Å². The molecular weight excluding hydrogens is 295 g/mol. The van der Waals surface area contributed by atoms with Gasteiger partial charge in [0.1, 0.15) is 5.82 Å². The number of rotatable bonds is 4. The number of anilines is 1. The number of amides is 2. The number of halogens is 1. The predicted octanol–water partition coefficient (Wildman–Crippen LogP) is 2.74. The molecule has 0 spiro atoms. The third kappa shape index (κ3) is 5.21. The van der Waals surface area contributed by atoms with E-state index in [1.54, 1.807) is 24.3 Å². The molecule has 0 unspecified atom stereocenters. The molecule has 23 heavy (non-hydrogen) atoms. The summed E-state index contributed by atoms with van der Waals surface area (Å²) < 4.78 is 12.8. The van der Waals surface area contributed by atoms with Crippen LogP contribution >= 0.6 is 0 Å². The van der Waals surface area contributed by atoms with Crippen LogP contribution in [0, 0.1) is 19.7 Å². The van der Waals surface area contributed by atoms with Crippen LogP contribution in [0.4, 0.5) is 10.1 Å². The Morgan fingerprint density at radius 1 is 0.957 bits per heavy atom. The fourth-order valence-corrected chi connectivity index (χ4v) is 2.29. The molecule has 0 bridgehead atoms. The third-order valence-corrected chi connectivity index (χ3v) is 3.30. The van der Waals surface area contributed by atoms with Gasteiger partial charge >= 0.3 is 11.8 Å². The van der Waals surface area contributed by atoms with Crippen LogP contribution in [0.5, 0.6) is 0 Å². The first-order valence-electron chi connectivity index (χ1n) is 7.36. The van der Waals surface area contributed by atoms with E-state index in [1.165, 1.54) is 12.1 Å². The normalized spacial score (nSPS) is 10.2. The second-order valence-electron chi connectivity index (χ2n) is 5.46. The summed E-state index contributed by atoms with van der Waals surface area (Å²) >= 11 is 0. The Morgan fingerprint density at radius 2 is 1.57 bits per heavy atom. The minimum Gasteiger partial charge on any atom is -0.347 e. The van der Waals surface area contributed by atoms with E-state index in [0.717, 1.165) is 16.7 Å². The molecule has 0 atom stereocenters. The predicted molar refractivity (Wildman–Crippen MR) is 87.7 cm³/mol. The van der Waals surface area contributed by atoms with Crippen molar-refractivity contribution in [1.82, 2.24) is 5.32 Å². The second kappa shape index (κ2) is 7.54. The molecule has 0 aliphatic carbocycles. The Balaban J connectivity index is 1.83. The molecule has 2 aromatic carbocycles. The van der Waals surface area contributed by atoms with Crippen molar-refractivity contribution in [3.05, 3.63) is 65.0 Å². The molecule has 2 rings (SSSR count). The molecule has 2 amide bonds. The van der Waals surface area contributed by atoms with Crippen molar-refractivity contribution in [2.24, 2.45) is 0 Å². The van der Waals surface area contributed by atoms with Crippen LogP contribution in [0.3, 0.4) is 0 Å². The Bertz CT molecular complexity index is 691. The molecule has 0 aliphatic rings. The monoisotopic (exact) mass is 314 g/mol. The Morgan fingerprint density at radius 3 is 2.17 bits per heavy atom. The number of benzene rings is 2. The van der Waals surface area contributed by atoms with E-state index in [4.69, 9.17) is 0 Å². The van der Waals surface area contributed by atoms with Gasteiger partial charge in [-0.1, -0.05) is 18.2 Å². The largest absolute Gasteiger partial charge is 0.347 e. The van der Waals surface area contributed by atoms with Crippen LogP contribution in [-0.4, -0.2) is 18.4 Å². The molecule has 2 aromatic rings. The van der Waals surface area contributed by atoms with Crippen LogP contribution < -0.4 is 10.6 Å². The van der Waals surface area contributed by atoms with Crippen molar-refractivity contribution in [3.8, 4) is 0 Å². The highest BCUT2D eigenvalue weighted by Gasteiger charge is 2.13. The van der Waals surface area contributed by atoms with Crippen molar-refractivity contribution >= 4 is 17.5 Å². The molecule has 0 radical (unpaired) electrons. The quantitative estimate of drug-likeness (QED) is 0.853. The SMILES string of the molecule is Cc1cc(C)cc(NC(=O)C(=O)NCCc2ccc(F)cc2)c1. The molecule has 0 saturated heterocycles. The minimum atomic E-state index is -0.700. The van der Waals surface area contributed by atoms with E-state index in [-0.39, 0.29) is 5.82 Å². The maximum atomic E-state index is 12.8. The van der Waals surface area contributed by atoms with Gasteiger partial charge in [0, 0.05) is 12.2 Å². The Hall–Kier alpha value is -2.69. The van der Waals surface area contributed by atoms with Gasteiger partial charge in [0.25, 0.3) is 0 Å². The zero-order valence-electron chi connectivity index (χ0n) is 13.2. The van der Waals surface area contributed by atoms with Gasteiger partial charge in [-0.2, -0.15) is 0 Å². The molecular formula is C18H19FN2O2. The lowest BCUT2D eigenvalue weighted by Gasteiger charge is -2.08. The van der Waals surface area contributed by atoms with E-state index in [9.17, 15) is 14.0 Å². The molecule has 0 heterocycles. The first kappa shape index (κ1) is 16.7. The Kier molecular flexibility index (Phi) is 5.46. The van der Waals surface area contributed by atoms with E-state index in [2.05, 4.69) is 10.6 Å². The van der Waals surface area contributed by atoms with Crippen LogP contribution in [0.1, 0.15) is 16.7 Å². The van der Waals surface area contributed by atoms with Crippen LogP contribution in [-0.2, 0) is 16.0 Å². The smallest absolute Gasteiger partial charge is 0.313 e. The summed E-state index contributed by atoms with van der Waals surface area (Å²) in [6.45, 7) is 4.15. The highest BCUT2D eigenvalue weighted by atomic mass is 19.1. The van der Waals surface area contributed by atoms with Gasteiger partial charge in [-0.25, -0.2) is 4.39 Å². The van der Waals surface area contributed by atoms with E-state index >= 15 is 0 Å². The van der Waals surface area contributed by atoms with Crippen molar-refractivity contribution < 1.29 is 14.0 Å². The zero-order chi connectivity index (χ0) is 16.8. The van der Waals surface area contributed by atoms with E-state index < -0.39 is 11.8 Å². The molecule has 2 N–H and O–H groups in total. The molecule has 4 nitrogen and oxygen atoms in total. The summed E-state index contributed by atoms with van der Waals surface area (Å²) in [4.78, 5) is 23.6. The van der Waals surface area contributed by atoms with Crippen molar-refractivity contribution in [1.29, 1.82) is 0 Å². The number of carbonyl (C=O) groups is 2. The molecule has 120 valence electrons. The fraction of sp³-hybridized carbons (Fsp3) is 0.222. The van der Waals surface area contributed by atoms with Crippen molar-refractivity contribution in [2.45, 2.75) is 20.3 Å². The first-order chi connectivity index (χ1) is 10.9. The van der Waals surface area contributed by atoms with Gasteiger partial charge in [0.05, 0.1) is 0 Å². The van der Waals surface area contributed by atoms with Gasteiger partial charge in [-0.3, -0.25) is 9.59 Å². The first-order valence-corrected chi connectivity index (χ1v) is 7.36. The molecule has 0 fully saturated rings. The van der Waals surface area contributed by atoms with Crippen LogP contribution in [0.15, 0.2) is 42.5 Å². The summed E-state index contributed by atoms with van der Waals surface area (Å²) in [6.07, 6.45) is 0.531. The fourth-order valence-electron chi connectivity index (χ4n) is 2.29. The zero-order valence-corrected chi connectivity index (χ0v) is 13.2. The van der Waals surface area contributed by atoms with Crippen LogP contribution in [0.2, 0.25) is 0 Å². The van der Waals surface area contributed by atoms with E-state index in [1.807, 2.05) is 19.9 Å². The average molecular weight is 314 g/mol. The average Bonchev–Trinajstić information content (AvgIpc) is 2.48. The summed E-state index contributed by atoms with van der Waals surface area (Å²) in [7, 11) is 0. The topological polar surface area (TPSA) is 58.2 Å². The number of aryl methyl sites for hydroxylation is 2. The molecule has 0 aromatic heterocycles. The minimum absolute atomic E-state index is 0.300. The van der Waals surface area contributed by atoms with Gasteiger partial charge in [0.2, 0.25) is 0 Å². The number of hydrogen-bond donors (Lipinski definition) is 2. The van der Waals surface area contributed by atoms with Gasteiger partial charge in [-0.15, -0.1) is 0 Å². The standard InChI is InChI=1S/C18H19FN2O2/c1-12-9-13(2)11-16(10-12)21-18(23)17(22)20-8-7-14-3-5-15(19)6-4-14/h3-6,9-11H,7-8H2,1-2H3,(H,20,22)(H,21,23). The summed E-state index contributed by atoms with van der Waals surface area (Å²) in [5.41, 5.74) is 3.51. The summed E-state index contributed by atoms with van der Waals surface area (Å²) in [5.74, 6) is -1.69. The van der Waals surface area contributed by atoms with Gasteiger partial charge in [0.15, 0.2) is 0 Å². The molecule has 5 heteroatoms. The maximum Gasteiger partial charge on any atom is 0.313 e. The number of nitrogens with one attached hydrogen (secondary N) is 2. The maximum absolute atomic E-state index is 12.8.